The van der Waals surface area contributed by atoms with E-state index in [0.29, 0.717) is 0 Å². The number of rotatable bonds is 14. The Morgan fingerprint density at radius 3 is 2.42 bits per heavy atom. The standard InChI is InChI=1S/C16H29NO2/c1-4-10-16(5-2)15-17-11-14-19-13-9-7-8-12-18-6-3/h4-5,10,17H,1-2,6-9,11-15H2,3H3/b16-10+. The van der Waals surface area contributed by atoms with Crippen molar-refractivity contribution in [1.29, 1.82) is 0 Å². The minimum atomic E-state index is 0.754. The molecular formula is C16H29NO2. The highest BCUT2D eigenvalue weighted by molar-refractivity contribution is 5.22. The predicted octanol–water partition coefficient (Wildman–Crippen LogP) is 3.10. The zero-order valence-corrected chi connectivity index (χ0v) is 12.3. The van der Waals surface area contributed by atoms with Crippen LogP contribution in [0, 0.1) is 0 Å². The second-order valence-electron chi connectivity index (χ2n) is 4.23. The molecule has 1 N–H and O–H groups in total. The Bertz CT molecular complexity index is 249. The van der Waals surface area contributed by atoms with E-state index in [9.17, 15) is 0 Å². The van der Waals surface area contributed by atoms with Crippen molar-refractivity contribution in [3.8, 4) is 0 Å². The summed E-state index contributed by atoms with van der Waals surface area (Å²) in [6.45, 7) is 14.4. The Morgan fingerprint density at radius 1 is 1.05 bits per heavy atom. The smallest absolute Gasteiger partial charge is 0.0591 e. The molecule has 0 fully saturated rings. The summed E-state index contributed by atoms with van der Waals surface area (Å²) in [6.07, 6.45) is 8.99. The largest absolute Gasteiger partial charge is 0.382 e. The van der Waals surface area contributed by atoms with Crippen LogP contribution in [0.25, 0.3) is 0 Å². The first-order valence-electron chi connectivity index (χ1n) is 7.15. The highest BCUT2D eigenvalue weighted by atomic mass is 16.5. The maximum absolute atomic E-state index is 5.55. The molecule has 0 spiro atoms. The van der Waals surface area contributed by atoms with E-state index in [1.165, 1.54) is 6.42 Å². The van der Waals surface area contributed by atoms with E-state index in [-0.39, 0.29) is 0 Å². The highest BCUT2D eigenvalue weighted by Crippen LogP contribution is 1.96. The third-order valence-electron chi connectivity index (χ3n) is 2.63. The van der Waals surface area contributed by atoms with E-state index in [4.69, 9.17) is 9.47 Å². The summed E-state index contributed by atoms with van der Waals surface area (Å²) in [4.78, 5) is 0. The molecule has 0 aliphatic carbocycles. The van der Waals surface area contributed by atoms with Crippen molar-refractivity contribution in [3.63, 3.8) is 0 Å². The lowest BCUT2D eigenvalue weighted by Crippen LogP contribution is -2.21. The summed E-state index contributed by atoms with van der Waals surface area (Å²) >= 11 is 0. The van der Waals surface area contributed by atoms with E-state index in [1.807, 2.05) is 19.1 Å². The van der Waals surface area contributed by atoms with Crippen LogP contribution in [0.5, 0.6) is 0 Å². The monoisotopic (exact) mass is 267 g/mol. The normalized spacial score (nSPS) is 11.5. The molecule has 0 bridgehead atoms. The van der Waals surface area contributed by atoms with E-state index in [2.05, 4.69) is 18.5 Å². The zero-order valence-electron chi connectivity index (χ0n) is 12.3. The Kier molecular flexibility index (Phi) is 14.4. The van der Waals surface area contributed by atoms with Crippen molar-refractivity contribution in [3.05, 3.63) is 37.0 Å². The summed E-state index contributed by atoms with van der Waals surface area (Å²) < 4.78 is 10.8. The highest BCUT2D eigenvalue weighted by Gasteiger charge is 1.93. The molecule has 110 valence electrons. The molecule has 0 aliphatic heterocycles. The molecule has 0 radical (unpaired) electrons. The molecule has 0 atom stereocenters. The molecule has 0 rings (SSSR count). The van der Waals surface area contributed by atoms with Crippen LogP contribution in [0.2, 0.25) is 0 Å². The van der Waals surface area contributed by atoms with Gasteiger partial charge in [-0.15, -0.1) is 0 Å². The van der Waals surface area contributed by atoms with Crippen molar-refractivity contribution in [1.82, 2.24) is 5.32 Å². The Balaban J connectivity index is 3.20. The Hall–Kier alpha value is -0.900. The minimum Gasteiger partial charge on any atom is -0.382 e. The van der Waals surface area contributed by atoms with Gasteiger partial charge in [0.15, 0.2) is 0 Å². The van der Waals surface area contributed by atoms with Gasteiger partial charge in [-0.2, -0.15) is 0 Å². The number of ether oxygens (including phenoxy) is 2. The number of hydrogen-bond acceptors (Lipinski definition) is 3. The van der Waals surface area contributed by atoms with Gasteiger partial charge >= 0.3 is 0 Å². The molecule has 3 heteroatoms. The summed E-state index contributed by atoms with van der Waals surface area (Å²) in [7, 11) is 0. The number of hydrogen-bond donors (Lipinski definition) is 1. The first-order chi connectivity index (χ1) is 9.35. The molecule has 19 heavy (non-hydrogen) atoms. The number of nitrogens with one attached hydrogen (secondary N) is 1. The lowest BCUT2D eigenvalue weighted by molar-refractivity contribution is 0.121. The molecule has 0 amide bonds. The molecule has 0 aromatic carbocycles. The van der Waals surface area contributed by atoms with Crippen LogP contribution in [0.1, 0.15) is 26.2 Å². The van der Waals surface area contributed by atoms with E-state index in [0.717, 1.165) is 57.9 Å². The second kappa shape index (κ2) is 15.2. The van der Waals surface area contributed by atoms with Gasteiger partial charge < -0.3 is 14.8 Å². The van der Waals surface area contributed by atoms with Crippen LogP contribution >= 0.6 is 0 Å². The second-order valence-corrected chi connectivity index (χ2v) is 4.23. The van der Waals surface area contributed by atoms with Crippen molar-refractivity contribution in [2.24, 2.45) is 0 Å². The zero-order chi connectivity index (χ0) is 14.2. The van der Waals surface area contributed by atoms with Crippen molar-refractivity contribution in [2.45, 2.75) is 26.2 Å². The first kappa shape index (κ1) is 18.1. The fourth-order valence-corrected chi connectivity index (χ4v) is 1.56. The Labute approximate surface area is 118 Å². The average Bonchev–Trinajstić information content (AvgIpc) is 2.43. The minimum absolute atomic E-state index is 0.754. The lowest BCUT2D eigenvalue weighted by Gasteiger charge is -2.07. The molecule has 0 aromatic heterocycles. The summed E-state index contributed by atoms with van der Waals surface area (Å²) in [5.74, 6) is 0. The first-order valence-corrected chi connectivity index (χ1v) is 7.15. The van der Waals surface area contributed by atoms with Gasteiger partial charge in [0.25, 0.3) is 0 Å². The van der Waals surface area contributed by atoms with Crippen molar-refractivity contribution in [2.75, 3.05) is 39.5 Å². The quantitative estimate of drug-likeness (QED) is 0.387. The van der Waals surface area contributed by atoms with Gasteiger partial charge in [0.05, 0.1) is 6.61 Å². The number of allylic oxidation sites excluding steroid dienone is 2. The van der Waals surface area contributed by atoms with Crippen LogP contribution in [0.15, 0.2) is 37.0 Å². The van der Waals surface area contributed by atoms with E-state index >= 15 is 0 Å². The molecule has 0 saturated heterocycles. The van der Waals surface area contributed by atoms with E-state index < -0.39 is 0 Å². The van der Waals surface area contributed by atoms with Gasteiger partial charge in [-0.3, -0.25) is 0 Å². The van der Waals surface area contributed by atoms with Gasteiger partial charge in [0.2, 0.25) is 0 Å². The Morgan fingerprint density at radius 2 is 1.79 bits per heavy atom. The lowest BCUT2D eigenvalue weighted by atomic mass is 10.2. The van der Waals surface area contributed by atoms with Gasteiger partial charge in [-0.05, 0) is 31.8 Å². The van der Waals surface area contributed by atoms with Crippen LogP contribution in [0.3, 0.4) is 0 Å². The SMILES string of the molecule is C=C/C=C(\C=C)CNCCOCCCCCOCC. The van der Waals surface area contributed by atoms with Crippen LogP contribution in [0.4, 0.5) is 0 Å². The maximum Gasteiger partial charge on any atom is 0.0591 e. The van der Waals surface area contributed by atoms with Gasteiger partial charge in [0.1, 0.15) is 0 Å². The molecule has 0 unspecified atom stereocenters. The molecule has 0 aliphatic rings. The van der Waals surface area contributed by atoms with Crippen molar-refractivity contribution >= 4 is 0 Å². The topological polar surface area (TPSA) is 30.5 Å². The molecule has 0 aromatic rings. The van der Waals surface area contributed by atoms with Crippen molar-refractivity contribution < 1.29 is 9.47 Å². The van der Waals surface area contributed by atoms with E-state index in [1.54, 1.807) is 6.08 Å². The fraction of sp³-hybridized carbons (Fsp3) is 0.625. The third-order valence-corrected chi connectivity index (χ3v) is 2.63. The fourth-order valence-electron chi connectivity index (χ4n) is 1.56. The molecule has 3 nitrogen and oxygen atoms in total. The maximum atomic E-state index is 5.55. The third kappa shape index (κ3) is 13.3. The average molecular weight is 267 g/mol. The summed E-state index contributed by atoms with van der Waals surface area (Å²) in [5.41, 5.74) is 1.14. The molecular weight excluding hydrogens is 238 g/mol. The van der Waals surface area contributed by atoms with Crippen LogP contribution < -0.4 is 5.32 Å². The molecule has 0 saturated carbocycles. The van der Waals surface area contributed by atoms with Crippen LogP contribution in [-0.2, 0) is 9.47 Å². The number of unbranched alkanes of at least 4 members (excludes halogenated alkanes) is 2. The van der Waals surface area contributed by atoms with Crippen LogP contribution in [-0.4, -0.2) is 39.5 Å². The van der Waals surface area contributed by atoms with Gasteiger partial charge in [0, 0.05) is 32.9 Å². The van der Waals surface area contributed by atoms with Gasteiger partial charge in [-0.25, -0.2) is 0 Å². The van der Waals surface area contributed by atoms with Gasteiger partial charge in [-0.1, -0.05) is 31.4 Å². The predicted molar refractivity (Wildman–Crippen MR) is 82.5 cm³/mol. The summed E-state index contributed by atoms with van der Waals surface area (Å²) in [5, 5.41) is 3.31. The molecule has 0 heterocycles. The summed E-state index contributed by atoms with van der Waals surface area (Å²) in [6, 6.07) is 0.